The molecule has 2 aromatic carbocycles. The van der Waals surface area contributed by atoms with E-state index in [4.69, 9.17) is 4.42 Å². The summed E-state index contributed by atoms with van der Waals surface area (Å²) in [6.07, 6.45) is 1.72. The van der Waals surface area contributed by atoms with Gasteiger partial charge in [0, 0.05) is 34.5 Å². The Hall–Kier alpha value is -3.74. The number of benzene rings is 2. The topological polar surface area (TPSA) is 102 Å². The predicted molar refractivity (Wildman–Crippen MR) is 97.3 cm³/mol. The Bertz CT molecular complexity index is 1080. The molecular weight excluding hydrogens is 334 g/mol. The first-order valence-electron chi connectivity index (χ1n) is 7.84. The third-order valence-corrected chi connectivity index (χ3v) is 4.11. The van der Waals surface area contributed by atoms with Gasteiger partial charge in [-0.25, -0.2) is 4.98 Å². The van der Waals surface area contributed by atoms with Crippen molar-refractivity contribution >= 4 is 28.7 Å². The van der Waals surface area contributed by atoms with Gasteiger partial charge in [-0.15, -0.1) is 0 Å². The molecule has 0 saturated carbocycles. The SMILES string of the molecule is CC1=Nc2ccccc2C1=Cc1nc(-c2ccc([N+](=O)[O-])cc2)oc1O. The lowest BCUT2D eigenvalue weighted by Crippen LogP contribution is -1.90. The van der Waals surface area contributed by atoms with Crippen molar-refractivity contribution in [3.05, 3.63) is 69.9 Å². The summed E-state index contributed by atoms with van der Waals surface area (Å²) in [4.78, 5) is 19.1. The summed E-state index contributed by atoms with van der Waals surface area (Å²) in [5, 5.41) is 20.8. The molecule has 1 aliphatic heterocycles. The van der Waals surface area contributed by atoms with E-state index >= 15 is 0 Å². The van der Waals surface area contributed by atoms with Gasteiger partial charge >= 0.3 is 5.95 Å². The van der Waals surface area contributed by atoms with Crippen LogP contribution in [0.1, 0.15) is 18.2 Å². The number of oxazole rings is 1. The average molecular weight is 347 g/mol. The van der Waals surface area contributed by atoms with E-state index in [-0.39, 0.29) is 23.2 Å². The molecule has 7 nitrogen and oxygen atoms in total. The zero-order valence-electron chi connectivity index (χ0n) is 13.7. The van der Waals surface area contributed by atoms with Gasteiger partial charge in [-0.2, -0.15) is 0 Å². The van der Waals surface area contributed by atoms with Crippen LogP contribution in [0.4, 0.5) is 11.4 Å². The summed E-state index contributed by atoms with van der Waals surface area (Å²) in [5.41, 5.74) is 4.30. The highest BCUT2D eigenvalue weighted by Gasteiger charge is 2.20. The van der Waals surface area contributed by atoms with Crippen molar-refractivity contribution in [2.75, 3.05) is 0 Å². The summed E-state index contributed by atoms with van der Waals surface area (Å²) < 4.78 is 5.32. The molecule has 0 bridgehead atoms. The van der Waals surface area contributed by atoms with Crippen LogP contribution in [0.15, 0.2) is 57.9 Å². The van der Waals surface area contributed by atoms with Gasteiger partial charge in [0.2, 0.25) is 5.89 Å². The molecule has 128 valence electrons. The second-order valence-corrected chi connectivity index (χ2v) is 5.79. The zero-order valence-corrected chi connectivity index (χ0v) is 13.7. The van der Waals surface area contributed by atoms with Crippen LogP contribution in [0.2, 0.25) is 0 Å². The predicted octanol–water partition coefficient (Wildman–Crippen LogP) is 4.60. The monoisotopic (exact) mass is 347 g/mol. The van der Waals surface area contributed by atoms with Crippen molar-refractivity contribution in [1.29, 1.82) is 0 Å². The molecule has 1 N–H and O–H groups in total. The number of aromatic nitrogens is 1. The second kappa shape index (κ2) is 5.96. The van der Waals surface area contributed by atoms with Gasteiger partial charge in [0.25, 0.3) is 5.69 Å². The molecule has 2 heterocycles. The lowest BCUT2D eigenvalue weighted by molar-refractivity contribution is -0.384. The number of allylic oxidation sites excluding steroid dienone is 1. The molecule has 0 radical (unpaired) electrons. The lowest BCUT2D eigenvalue weighted by atomic mass is 10.0. The standard InChI is InChI=1S/C19H13N3O4/c1-11-15(14-4-2-3-5-16(14)20-11)10-17-19(23)26-18(21-17)12-6-8-13(9-7-12)22(24)25/h2-10,23H,1H3. The highest BCUT2D eigenvalue weighted by Crippen LogP contribution is 2.37. The van der Waals surface area contributed by atoms with E-state index in [1.807, 2.05) is 31.2 Å². The van der Waals surface area contributed by atoms with E-state index < -0.39 is 4.92 Å². The maximum Gasteiger partial charge on any atom is 0.310 e. The lowest BCUT2D eigenvalue weighted by Gasteiger charge is -1.99. The van der Waals surface area contributed by atoms with Crippen molar-refractivity contribution in [1.82, 2.24) is 4.98 Å². The first-order valence-corrected chi connectivity index (χ1v) is 7.84. The number of non-ortho nitro benzene ring substituents is 1. The highest BCUT2D eigenvalue weighted by atomic mass is 16.6. The van der Waals surface area contributed by atoms with E-state index in [1.54, 1.807) is 6.08 Å². The molecule has 0 saturated heterocycles. The Labute approximate surface area is 148 Å². The van der Waals surface area contributed by atoms with Gasteiger partial charge in [-0.3, -0.25) is 15.1 Å². The summed E-state index contributed by atoms with van der Waals surface area (Å²) in [7, 11) is 0. The van der Waals surface area contributed by atoms with Crippen LogP contribution in [0.3, 0.4) is 0 Å². The van der Waals surface area contributed by atoms with E-state index in [2.05, 4.69) is 9.98 Å². The highest BCUT2D eigenvalue weighted by molar-refractivity contribution is 6.31. The average Bonchev–Trinajstić information content (AvgIpc) is 3.16. The van der Waals surface area contributed by atoms with Gasteiger partial charge < -0.3 is 9.52 Å². The minimum atomic E-state index is -0.480. The minimum Gasteiger partial charge on any atom is -0.479 e. The fraction of sp³-hybridized carbons (Fsp3) is 0.0526. The largest absolute Gasteiger partial charge is 0.479 e. The van der Waals surface area contributed by atoms with E-state index in [0.29, 0.717) is 5.56 Å². The van der Waals surface area contributed by atoms with Crippen molar-refractivity contribution in [2.24, 2.45) is 4.99 Å². The first kappa shape index (κ1) is 15.8. The van der Waals surface area contributed by atoms with E-state index in [0.717, 1.165) is 22.5 Å². The molecule has 0 atom stereocenters. The number of fused-ring (bicyclic) bond motifs is 1. The van der Waals surface area contributed by atoms with Crippen LogP contribution >= 0.6 is 0 Å². The molecule has 0 unspecified atom stereocenters. The molecule has 0 fully saturated rings. The second-order valence-electron chi connectivity index (χ2n) is 5.79. The molecule has 0 spiro atoms. The minimum absolute atomic E-state index is 0.0266. The van der Waals surface area contributed by atoms with Crippen molar-refractivity contribution in [2.45, 2.75) is 6.92 Å². The number of hydrogen-bond donors (Lipinski definition) is 1. The van der Waals surface area contributed by atoms with E-state index in [1.165, 1.54) is 24.3 Å². The fourth-order valence-electron chi connectivity index (χ4n) is 2.82. The van der Waals surface area contributed by atoms with Crippen LogP contribution in [-0.2, 0) is 0 Å². The zero-order chi connectivity index (χ0) is 18.3. The third kappa shape index (κ3) is 2.65. The molecule has 26 heavy (non-hydrogen) atoms. The molecule has 0 aliphatic carbocycles. The van der Waals surface area contributed by atoms with Crippen molar-refractivity contribution in [3.63, 3.8) is 0 Å². The number of rotatable bonds is 3. The van der Waals surface area contributed by atoms with Crippen LogP contribution in [0, 0.1) is 10.1 Å². The Morgan fingerprint density at radius 3 is 2.62 bits per heavy atom. The number of nitro groups is 1. The van der Waals surface area contributed by atoms with Gasteiger partial charge in [-0.1, -0.05) is 18.2 Å². The first-order chi connectivity index (χ1) is 12.5. The maximum absolute atomic E-state index is 10.7. The summed E-state index contributed by atoms with van der Waals surface area (Å²) in [6.45, 7) is 1.89. The molecule has 1 aromatic heterocycles. The Morgan fingerprint density at radius 2 is 1.88 bits per heavy atom. The summed E-state index contributed by atoms with van der Waals surface area (Å²) in [6, 6.07) is 13.5. The Morgan fingerprint density at radius 1 is 1.15 bits per heavy atom. The van der Waals surface area contributed by atoms with Crippen molar-refractivity contribution in [3.8, 4) is 17.4 Å². The third-order valence-electron chi connectivity index (χ3n) is 4.11. The van der Waals surface area contributed by atoms with Crippen LogP contribution in [-0.4, -0.2) is 20.7 Å². The summed E-state index contributed by atoms with van der Waals surface area (Å²) in [5.74, 6) is -0.131. The number of aliphatic imine (C=N–C) groups is 1. The Balaban J connectivity index is 1.72. The number of nitro benzene ring substituents is 1. The number of nitrogens with zero attached hydrogens (tertiary/aromatic N) is 3. The summed E-state index contributed by atoms with van der Waals surface area (Å²) >= 11 is 0. The van der Waals surface area contributed by atoms with E-state index in [9.17, 15) is 15.2 Å². The molecule has 7 heteroatoms. The van der Waals surface area contributed by atoms with Gasteiger partial charge in [0.05, 0.1) is 10.6 Å². The van der Waals surface area contributed by atoms with Crippen LogP contribution in [0.5, 0.6) is 5.95 Å². The molecule has 0 amide bonds. The van der Waals surface area contributed by atoms with Crippen molar-refractivity contribution < 1.29 is 14.4 Å². The van der Waals surface area contributed by atoms with Gasteiger partial charge in [0.1, 0.15) is 5.69 Å². The molecular formula is C19H13N3O4. The van der Waals surface area contributed by atoms with Crippen LogP contribution in [0.25, 0.3) is 23.1 Å². The van der Waals surface area contributed by atoms with Crippen LogP contribution < -0.4 is 0 Å². The Kier molecular flexibility index (Phi) is 3.62. The maximum atomic E-state index is 10.7. The quantitative estimate of drug-likeness (QED) is 0.551. The van der Waals surface area contributed by atoms with Gasteiger partial charge in [-0.05, 0) is 31.2 Å². The molecule has 1 aliphatic rings. The number of para-hydroxylation sites is 1. The van der Waals surface area contributed by atoms with Gasteiger partial charge in [0.15, 0.2) is 0 Å². The number of aromatic hydroxyl groups is 1. The smallest absolute Gasteiger partial charge is 0.310 e. The normalized spacial score (nSPS) is 14.3. The fourth-order valence-corrected chi connectivity index (χ4v) is 2.82. The number of hydrogen-bond acceptors (Lipinski definition) is 6. The molecule has 3 aromatic rings. The molecule has 4 rings (SSSR count).